The fourth-order valence-corrected chi connectivity index (χ4v) is 3.07. The second kappa shape index (κ2) is 4.91. The molecule has 0 amide bonds. The minimum atomic E-state index is 0.655. The van der Waals surface area contributed by atoms with Gasteiger partial charge in [0, 0.05) is 21.5 Å². The topological polar surface area (TPSA) is 28.7 Å². The summed E-state index contributed by atoms with van der Waals surface area (Å²) in [5.74, 6) is 0. The quantitative estimate of drug-likeness (QED) is 0.468. The third kappa shape index (κ3) is 1.88. The maximum Gasteiger partial charge on any atom is 0.0991 e. The lowest BCUT2D eigenvalue weighted by atomic mass is 10.2. The monoisotopic (exact) mass is 302 g/mol. The number of nitriles is 1. The molecule has 0 aliphatic rings. The Labute approximate surface area is 132 Å². The minimum absolute atomic E-state index is 0.655. The predicted molar refractivity (Wildman–Crippen MR) is 90.5 cm³/mol. The van der Waals surface area contributed by atoms with Crippen molar-refractivity contribution in [2.75, 3.05) is 0 Å². The molecule has 1 heterocycles. The summed E-state index contributed by atoms with van der Waals surface area (Å²) < 4.78 is 2.18. The Bertz CT molecular complexity index is 1040. The number of benzene rings is 3. The van der Waals surface area contributed by atoms with E-state index in [4.69, 9.17) is 16.9 Å². The van der Waals surface area contributed by atoms with Gasteiger partial charge in [-0.1, -0.05) is 35.9 Å². The zero-order valence-corrected chi connectivity index (χ0v) is 12.4. The summed E-state index contributed by atoms with van der Waals surface area (Å²) in [6.45, 7) is 0. The Morgan fingerprint density at radius 2 is 1.55 bits per heavy atom. The first kappa shape index (κ1) is 12.9. The van der Waals surface area contributed by atoms with Gasteiger partial charge in [-0.25, -0.2) is 0 Å². The molecule has 0 spiro atoms. The number of fused-ring (bicyclic) bond motifs is 3. The van der Waals surface area contributed by atoms with Crippen molar-refractivity contribution in [2.45, 2.75) is 0 Å². The number of hydrogen-bond acceptors (Lipinski definition) is 1. The highest BCUT2D eigenvalue weighted by Gasteiger charge is 2.11. The molecule has 0 N–H and O–H groups in total. The van der Waals surface area contributed by atoms with E-state index in [0.29, 0.717) is 10.6 Å². The zero-order valence-electron chi connectivity index (χ0n) is 11.6. The number of hydrogen-bond donors (Lipinski definition) is 0. The van der Waals surface area contributed by atoms with Crippen molar-refractivity contribution < 1.29 is 0 Å². The van der Waals surface area contributed by atoms with Crippen LogP contribution in [0.2, 0.25) is 5.02 Å². The lowest BCUT2D eigenvalue weighted by Gasteiger charge is -2.07. The van der Waals surface area contributed by atoms with Crippen molar-refractivity contribution in [3.05, 3.63) is 77.3 Å². The van der Waals surface area contributed by atoms with E-state index >= 15 is 0 Å². The molecule has 22 heavy (non-hydrogen) atoms. The fourth-order valence-electron chi connectivity index (χ4n) is 2.91. The molecule has 2 nitrogen and oxygen atoms in total. The molecule has 3 heteroatoms. The molecule has 104 valence electrons. The summed E-state index contributed by atoms with van der Waals surface area (Å²) in [5, 5.41) is 12.0. The summed E-state index contributed by atoms with van der Waals surface area (Å²) in [5.41, 5.74) is 3.87. The largest absolute Gasteiger partial charge is 0.309 e. The molecule has 0 bridgehead atoms. The van der Waals surface area contributed by atoms with E-state index in [9.17, 15) is 0 Å². The minimum Gasteiger partial charge on any atom is -0.309 e. The van der Waals surface area contributed by atoms with Crippen LogP contribution in [0.3, 0.4) is 0 Å². The number of nitrogens with zero attached hydrogens (tertiary/aromatic N) is 2. The number of aromatic nitrogens is 1. The van der Waals surface area contributed by atoms with Crippen LogP contribution in [-0.2, 0) is 0 Å². The van der Waals surface area contributed by atoms with Crippen LogP contribution >= 0.6 is 11.6 Å². The predicted octanol–water partition coefficient (Wildman–Crippen LogP) is 5.31. The van der Waals surface area contributed by atoms with E-state index in [0.717, 1.165) is 16.7 Å². The van der Waals surface area contributed by atoms with Crippen molar-refractivity contribution in [3.8, 4) is 11.8 Å². The van der Waals surface area contributed by atoms with Crippen molar-refractivity contribution in [2.24, 2.45) is 0 Å². The Morgan fingerprint density at radius 3 is 2.32 bits per heavy atom. The van der Waals surface area contributed by atoms with Gasteiger partial charge in [-0.3, -0.25) is 0 Å². The normalized spacial score (nSPS) is 10.9. The SMILES string of the molecule is N#Cc1ccc(-n2c3ccccc3c3ccc(Cl)cc32)cc1. The van der Waals surface area contributed by atoms with E-state index < -0.39 is 0 Å². The first-order chi connectivity index (χ1) is 10.8. The second-order valence-electron chi connectivity index (χ2n) is 5.17. The molecule has 4 aromatic rings. The van der Waals surface area contributed by atoms with Gasteiger partial charge in [-0.05, 0) is 42.5 Å². The summed E-state index contributed by atoms with van der Waals surface area (Å²) in [7, 11) is 0. The van der Waals surface area contributed by atoms with Gasteiger partial charge in [0.2, 0.25) is 0 Å². The van der Waals surface area contributed by atoms with Gasteiger partial charge in [-0.15, -0.1) is 0 Å². The molecule has 0 saturated heterocycles. The van der Waals surface area contributed by atoms with Crippen LogP contribution in [-0.4, -0.2) is 4.57 Å². The highest BCUT2D eigenvalue weighted by Crippen LogP contribution is 2.33. The van der Waals surface area contributed by atoms with Crippen LogP contribution in [0.5, 0.6) is 0 Å². The van der Waals surface area contributed by atoms with Gasteiger partial charge in [0.1, 0.15) is 0 Å². The third-order valence-electron chi connectivity index (χ3n) is 3.89. The highest BCUT2D eigenvalue weighted by molar-refractivity contribution is 6.31. The maximum atomic E-state index is 8.96. The molecule has 4 rings (SSSR count). The van der Waals surface area contributed by atoms with Crippen molar-refractivity contribution in [3.63, 3.8) is 0 Å². The number of para-hydroxylation sites is 1. The van der Waals surface area contributed by atoms with E-state index in [1.165, 1.54) is 10.8 Å². The fraction of sp³-hybridized carbons (Fsp3) is 0. The first-order valence-corrected chi connectivity index (χ1v) is 7.35. The van der Waals surface area contributed by atoms with Gasteiger partial charge in [0.05, 0.1) is 22.7 Å². The van der Waals surface area contributed by atoms with Gasteiger partial charge in [0.25, 0.3) is 0 Å². The summed E-state index contributed by atoms with van der Waals surface area (Å²) in [6, 6.07) is 24.0. The van der Waals surface area contributed by atoms with Gasteiger partial charge < -0.3 is 4.57 Å². The van der Waals surface area contributed by atoms with Crippen molar-refractivity contribution in [1.29, 1.82) is 5.26 Å². The Kier molecular flexibility index (Phi) is 2.89. The van der Waals surface area contributed by atoms with E-state index in [1.807, 2.05) is 48.5 Å². The molecule has 0 saturated carbocycles. The van der Waals surface area contributed by atoms with Crippen molar-refractivity contribution in [1.82, 2.24) is 4.57 Å². The molecule has 1 aromatic heterocycles. The summed E-state index contributed by atoms with van der Waals surface area (Å²) >= 11 is 6.20. The lowest BCUT2D eigenvalue weighted by Crippen LogP contribution is -1.93. The number of halogens is 1. The van der Waals surface area contributed by atoms with Gasteiger partial charge >= 0.3 is 0 Å². The molecule has 0 atom stereocenters. The van der Waals surface area contributed by atoms with Crippen LogP contribution in [0.25, 0.3) is 27.5 Å². The zero-order chi connectivity index (χ0) is 15.1. The van der Waals surface area contributed by atoms with Gasteiger partial charge in [0.15, 0.2) is 0 Å². The van der Waals surface area contributed by atoms with Crippen LogP contribution in [0.1, 0.15) is 5.56 Å². The second-order valence-corrected chi connectivity index (χ2v) is 5.61. The highest BCUT2D eigenvalue weighted by atomic mass is 35.5. The lowest BCUT2D eigenvalue weighted by molar-refractivity contribution is 1.18. The van der Waals surface area contributed by atoms with Crippen LogP contribution in [0, 0.1) is 11.3 Å². The molecule has 0 aliphatic carbocycles. The van der Waals surface area contributed by atoms with E-state index in [2.05, 4.69) is 28.8 Å². The average Bonchev–Trinajstić information content (AvgIpc) is 2.88. The van der Waals surface area contributed by atoms with Crippen molar-refractivity contribution >= 4 is 33.4 Å². The number of rotatable bonds is 1. The average molecular weight is 303 g/mol. The standard InChI is InChI=1S/C19H11ClN2/c20-14-7-10-17-16-3-1-2-4-18(16)22(19(17)11-14)15-8-5-13(12-21)6-9-15/h1-11H. The Morgan fingerprint density at radius 1 is 0.818 bits per heavy atom. The third-order valence-corrected chi connectivity index (χ3v) is 4.13. The molecule has 0 aliphatic heterocycles. The maximum absolute atomic E-state index is 8.96. The van der Waals surface area contributed by atoms with Crippen LogP contribution < -0.4 is 0 Å². The van der Waals surface area contributed by atoms with E-state index in [-0.39, 0.29) is 0 Å². The molecular formula is C19H11ClN2. The molecule has 3 aromatic carbocycles. The van der Waals surface area contributed by atoms with E-state index in [1.54, 1.807) is 0 Å². The smallest absolute Gasteiger partial charge is 0.0991 e. The molecule has 0 fully saturated rings. The molecule has 0 unspecified atom stereocenters. The van der Waals surface area contributed by atoms with Crippen LogP contribution in [0.15, 0.2) is 66.7 Å². The Balaban J connectivity index is 2.13. The summed E-state index contributed by atoms with van der Waals surface area (Å²) in [6.07, 6.45) is 0. The van der Waals surface area contributed by atoms with Gasteiger partial charge in [-0.2, -0.15) is 5.26 Å². The Hall–Kier alpha value is -2.76. The van der Waals surface area contributed by atoms with Crippen LogP contribution in [0.4, 0.5) is 0 Å². The first-order valence-electron chi connectivity index (χ1n) is 6.97. The summed E-state index contributed by atoms with van der Waals surface area (Å²) in [4.78, 5) is 0. The molecule has 0 radical (unpaired) electrons. The molecular weight excluding hydrogens is 292 g/mol.